The van der Waals surface area contributed by atoms with E-state index in [1.54, 1.807) is 24.3 Å². The van der Waals surface area contributed by atoms with Gasteiger partial charge in [0.05, 0.1) is 12.4 Å². The summed E-state index contributed by atoms with van der Waals surface area (Å²) in [5, 5.41) is 8.16. The lowest BCUT2D eigenvalue weighted by Gasteiger charge is -2.13. The molecule has 0 bridgehead atoms. The third-order valence-electron chi connectivity index (χ3n) is 3.22. The van der Waals surface area contributed by atoms with Gasteiger partial charge < -0.3 is 15.9 Å². The lowest BCUT2D eigenvalue weighted by molar-refractivity contribution is -0.146. The summed E-state index contributed by atoms with van der Waals surface area (Å²) in [6.45, 7) is 1.75. The minimum absolute atomic E-state index is 0.202. The van der Waals surface area contributed by atoms with Crippen LogP contribution >= 0.6 is 11.8 Å². The van der Waals surface area contributed by atoms with Gasteiger partial charge in [0.15, 0.2) is 0 Å². The van der Waals surface area contributed by atoms with Crippen LogP contribution in [-0.4, -0.2) is 33.1 Å². The molecular weight excluding hydrogens is 359 g/mol. The molecule has 1 unspecified atom stereocenters. The third-order valence-corrected chi connectivity index (χ3v) is 4.27. The largest absolute Gasteiger partial charge is 0.496 e. The summed E-state index contributed by atoms with van der Waals surface area (Å²) in [5.41, 5.74) is 0.775. The van der Waals surface area contributed by atoms with E-state index in [4.69, 9.17) is 10.6 Å². The van der Waals surface area contributed by atoms with Gasteiger partial charge in [0.2, 0.25) is 11.1 Å². The lowest BCUT2D eigenvalue weighted by atomic mass is 10.2. The fourth-order valence-corrected chi connectivity index (χ4v) is 2.73. The van der Waals surface area contributed by atoms with Crippen molar-refractivity contribution in [2.45, 2.75) is 30.1 Å². The van der Waals surface area contributed by atoms with Crippen LogP contribution in [0.2, 0.25) is 0 Å². The van der Waals surface area contributed by atoms with E-state index < -0.39 is 17.3 Å². The van der Waals surface area contributed by atoms with Gasteiger partial charge >= 0.3 is 6.18 Å². The number of nitrogens with two attached hydrogens (primary N) is 1. The molecule has 1 atom stereocenters. The van der Waals surface area contributed by atoms with E-state index in [1.165, 1.54) is 14.0 Å². The zero-order valence-corrected chi connectivity index (χ0v) is 14.2. The fourth-order valence-electron chi connectivity index (χ4n) is 1.94. The predicted octanol–water partition coefficient (Wildman–Crippen LogP) is 1.82. The number of halogens is 3. The summed E-state index contributed by atoms with van der Waals surface area (Å²) in [4.78, 5) is 12.1. The molecule has 1 aromatic heterocycles. The van der Waals surface area contributed by atoms with Gasteiger partial charge in [-0.05, 0) is 13.0 Å². The van der Waals surface area contributed by atoms with Crippen molar-refractivity contribution in [2.75, 3.05) is 13.0 Å². The number of methoxy groups -OCH3 is 1. The molecule has 1 heterocycles. The van der Waals surface area contributed by atoms with Crippen molar-refractivity contribution in [1.82, 2.24) is 20.2 Å². The zero-order valence-electron chi connectivity index (χ0n) is 13.4. The summed E-state index contributed by atoms with van der Waals surface area (Å²) < 4.78 is 43.4. The van der Waals surface area contributed by atoms with Gasteiger partial charge in [0.25, 0.3) is 5.82 Å². The van der Waals surface area contributed by atoms with Gasteiger partial charge in [-0.3, -0.25) is 4.79 Å². The van der Waals surface area contributed by atoms with Crippen molar-refractivity contribution in [3.05, 3.63) is 35.7 Å². The molecule has 25 heavy (non-hydrogen) atoms. The number of para-hydroxylation sites is 1. The number of carbonyl (C=O) groups is 1. The number of nitrogen functional groups attached to an aromatic ring is 1. The predicted molar refractivity (Wildman–Crippen MR) is 85.3 cm³/mol. The van der Waals surface area contributed by atoms with Crippen molar-refractivity contribution in [2.24, 2.45) is 0 Å². The Balaban J connectivity index is 1.98. The van der Waals surface area contributed by atoms with Crippen LogP contribution in [0.1, 0.15) is 18.3 Å². The summed E-state index contributed by atoms with van der Waals surface area (Å²) in [7, 11) is 1.52. The molecule has 0 aliphatic heterocycles. The number of hydrogen-bond acceptors (Lipinski definition) is 6. The number of thioether (sulfide) groups is 1. The number of nitrogens with zero attached hydrogens (tertiary/aromatic N) is 3. The number of nitrogens with one attached hydrogen (secondary N) is 1. The van der Waals surface area contributed by atoms with Crippen LogP contribution in [0.3, 0.4) is 0 Å². The molecule has 0 saturated carbocycles. The second kappa shape index (κ2) is 7.64. The summed E-state index contributed by atoms with van der Waals surface area (Å²) in [5.74, 6) is 4.26. The van der Waals surface area contributed by atoms with Gasteiger partial charge in [-0.1, -0.05) is 30.0 Å². The topological polar surface area (TPSA) is 95.1 Å². The summed E-state index contributed by atoms with van der Waals surface area (Å²) in [6, 6.07) is 7.16. The monoisotopic (exact) mass is 375 g/mol. The summed E-state index contributed by atoms with van der Waals surface area (Å²) in [6.07, 6.45) is -4.71. The highest BCUT2D eigenvalue weighted by atomic mass is 32.2. The van der Waals surface area contributed by atoms with E-state index in [0.29, 0.717) is 10.4 Å². The number of amides is 1. The van der Waals surface area contributed by atoms with E-state index in [2.05, 4.69) is 15.5 Å². The van der Waals surface area contributed by atoms with Crippen molar-refractivity contribution < 1.29 is 22.7 Å². The van der Waals surface area contributed by atoms with Gasteiger partial charge in [0.1, 0.15) is 5.75 Å². The van der Waals surface area contributed by atoms with Crippen LogP contribution in [0.5, 0.6) is 5.75 Å². The molecule has 7 nitrogen and oxygen atoms in total. The second-order valence-corrected chi connectivity index (χ2v) is 6.27. The molecule has 0 saturated heterocycles. The summed E-state index contributed by atoms with van der Waals surface area (Å²) >= 11 is 0.781. The molecule has 0 aliphatic carbocycles. The highest BCUT2D eigenvalue weighted by Crippen LogP contribution is 2.30. The third kappa shape index (κ3) is 4.56. The van der Waals surface area contributed by atoms with Crippen molar-refractivity contribution in [3.8, 4) is 5.75 Å². The number of aromatic nitrogens is 3. The van der Waals surface area contributed by atoms with Gasteiger partial charge in [-0.2, -0.15) is 13.2 Å². The first-order valence-corrected chi connectivity index (χ1v) is 7.96. The van der Waals surface area contributed by atoms with Crippen molar-refractivity contribution in [3.63, 3.8) is 0 Å². The Labute approximate surface area is 145 Å². The van der Waals surface area contributed by atoms with Crippen LogP contribution in [0, 0.1) is 0 Å². The van der Waals surface area contributed by atoms with Crippen LogP contribution < -0.4 is 15.9 Å². The Morgan fingerprint density at radius 2 is 2.08 bits per heavy atom. The molecule has 1 aromatic carbocycles. The lowest BCUT2D eigenvalue weighted by Crippen LogP contribution is -2.31. The molecule has 0 fully saturated rings. The van der Waals surface area contributed by atoms with Crippen LogP contribution in [-0.2, 0) is 17.5 Å². The minimum Gasteiger partial charge on any atom is -0.496 e. The maximum Gasteiger partial charge on any atom is 0.453 e. The molecular formula is C14H16F3N5O2S. The molecule has 0 radical (unpaired) electrons. The van der Waals surface area contributed by atoms with Crippen molar-refractivity contribution >= 4 is 17.7 Å². The Morgan fingerprint density at radius 3 is 2.68 bits per heavy atom. The van der Waals surface area contributed by atoms with Crippen LogP contribution in [0.25, 0.3) is 0 Å². The first-order valence-electron chi connectivity index (χ1n) is 7.08. The highest BCUT2D eigenvalue weighted by Gasteiger charge is 2.38. The molecule has 0 spiro atoms. The molecule has 3 N–H and O–H groups in total. The molecule has 11 heteroatoms. The Hall–Kier alpha value is -2.43. The van der Waals surface area contributed by atoms with E-state index in [-0.39, 0.29) is 17.6 Å². The number of ether oxygens (including phenoxy) is 1. The normalized spacial score (nSPS) is 12.7. The number of benzene rings is 1. The fraction of sp³-hybridized carbons (Fsp3) is 0.357. The maximum atomic E-state index is 12.6. The average molecular weight is 375 g/mol. The highest BCUT2D eigenvalue weighted by molar-refractivity contribution is 8.00. The first-order chi connectivity index (χ1) is 11.7. The Bertz CT molecular complexity index is 750. The second-order valence-electron chi connectivity index (χ2n) is 4.96. The van der Waals surface area contributed by atoms with E-state index >= 15 is 0 Å². The van der Waals surface area contributed by atoms with Gasteiger partial charge in [-0.25, -0.2) is 4.68 Å². The molecule has 136 valence electrons. The first kappa shape index (κ1) is 18.9. The Morgan fingerprint density at radius 1 is 1.40 bits per heavy atom. The molecule has 0 aliphatic rings. The number of rotatable bonds is 6. The quantitative estimate of drug-likeness (QED) is 0.591. The SMILES string of the molecule is COc1ccccc1CNC(=O)C(C)Sc1nnc(C(F)(F)F)n1N. The van der Waals surface area contributed by atoms with E-state index in [0.717, 1.165) is 17.3 Å². The number of hydrogen-bond donors (Lipinski definition) is 2. The van der Waals surface area contributed by atoms with E-state index in [1.807, 2.05) is 0 Å². The molecule has 2 rings (SSSR count). The minimum atomic E-state index is -4.71. The maximum absolute atomic E-state index is 12.6. The molecule has 2 aromatic rings. The standard InChI is InChI=1S/C14H16F3N5O2S/c1-8(25-13-21-20-12(22(13)18)14(15,16)17)11(23)19-7-9-5-3-4-6-10(9)24-2/h3-6,8H,7,18H2,1-2H3,(H,19,23). The van der Waals surface area contributed by atoms with Gasteiger partial charge in [-0.15, -0.1) is 10.2 Å². The van der Waals surface area contributed by atoms with E-state index in [9.17, 15) is 18.0 Å². The van der Waals surface area contributed by atoms with Crippen molar-refractivity contribution in [1.29, 1.82) is 0 Å². The smallest absolute Gasteiger partial charge is 0.453 e. The molecule has 1 amide bonds. The Kier molecular flexibility index (Phi) is 5.77. The zero-order chi connectivity index (χ0) is 18.6. The average Bonchev–Trinajstić information content (AvgIpc) is 2.93. The van der Waals surface area contributed by atoms with Crippen LogP contribution in [0.4, 0.5) is 13.2 Å². The van der Waals surface area contributed by atoms with Gasteiger partial charge in [0, 0.05) is 12.1 Å². The van der Waals surface area contributed by atoms with Crippen LogP contribution in [0.15, 0.2) is 29.4 Å². The number of alkyl halides is 3. The number of carbonyl (C=O) groups excluding carboxylic acids is 1.